The summed E-state index contributed by atoms with van der Waals surface area (Å²) in [6.07, 6.45) is 0.767. The number of hydrogen-bond acceptors (Lipinski definition) is 4. The highest BCUT2D eigenvalue weighted by Gasteiger charge is 2.55. The minimum absolute atomic E-state index is 0.0247. The second kappa shape index (κ2) is 4.80. The van der Waals surface area contributed by atoms with E-state index in [1.54, 1.807) is 6.92 Å². The number of sulfone groups is 1. The zero-order valence-electron chi connectivity index (χ0n) is 9.40. The second-order valence-electron chi connectivity index (χ2n) is 4.26. The van der Waals surface area contributed by atoms with Crippen LogP contribution in [0.5, 0.6) is 0 Å². The van der Waals surface area contributed by atoms with E-state index in [2.05, 4.69) is 0 Å². The van der Waals surface area contributed by atoms with Crippen molar-refractivity contribution in [1.82, 2.24) is 0 Å². The summed E-state index contributed by atoms with van der Waals surface area (Å²) in [4.78, 5) is 0. The molecule has 0 aliphatic heterocycles. The Morgan fingerprint density at radius 1 is 1.47 bits per heavy atom. The van der Waals surface area contributed by atoms with Crippen molar-refractivity contribution in [1.29, 1.82) is 0 Å². The van der Waals surface area contributed by atoms with E-state index in [0.717, 1.165) is 6.42 Å². The summed E-state index contributed by atoms with van der Waals surface area (Å²) in [7, 11) is -2.93. The topological polar surface area (TPSA) is 63.6 Å². The number of aliphatic hydroxyl groups is 1. The Morgan fingerprint density at radius 3 is 2.60 bits per heavy atom. The van der Waals surface area contributed by atoms with Crippen LogP contribution in [0.4, 0.5) is 0 Å². The largest absolute Gasteiger partial charge is 0.396 e. The van der Waals surface area contributed by atoms with Gasteiger partial charge in [0.15, 0.2) is 0 Å². The van der Waals surface area contributed by atoms with Gasteiger partial charge in [-0.15, -0.1) is 0 Å². The Bertz CT molecular complexity index is 299. The molecule has 0 heterocycles. The normalized spacial score (nSPS) is 30.5. The third kappa shape index (κ3) is 3.16. The summed E-state index contributed by atoms with van der Waals surface area (Å²) in [6.45, 7) is 4.65. The van der Waals surface area contributed by atoms with Crippen molar-refractivity contribution < 1.29 is 18.3 Å². The predicted molar refractivity (Wildman–Crippen MR) is 58.4 cm³/mol. The molecule has 0 aromatic heterocycles. The molecule has 5 heteroatoms. The first-order valence-corrected chi connectivity index (χ1v) is 7.21. The van der Waals surface area contributed by atoms with Crippen LogP contribution in [0, 0.1) is 11.3 Å². The molecule has 1 rings (SSSR count). The van der Waals surface area contributed by atoms with Crippen LogP contribution in [0.2, 0.25) is 0 Å². The molecule has 1 fully saturated rings. The molecule has 0 aromatic rings. The standard InChI is InChI=1S/C10H20O4S/c1-3-14-8-10(7-11)5-9(10)6-15(12,13)4-2/h9,11H,3-8H2,1-2H3/t9-,10+/m0/s1. The van der Waals surface area contributed by atoms with Gasteiger partial charge in [0.1, 0.15) is 9.84 Å². The highest BCUT2D eigenvalue weighted by atomic mass is 32.2. The first-order valence-electron chi connectivity index (χ1n) is 5.38. The lowest BCUT2D eigenvalue weighted by atomic mass is 10.1. The summed E-state index contributed by atoms with van der Waals surface area (Å²) in [5.41, 5.74) is -0.280. The number of rotatable bonds is 7. The molecule has 0 radical (unpaired) electrons. The van der Waals surface area contributed by atoms with Crippen LogP contribution < -0.4 is 0 Å². The number of aliphatic hydroxyl groups excluding tert-OH is 1. The van der Waals surface area contributed by atoms with Crippen LogP contribution in [-0.4, -0.2) is 44.9 Å². The average molecular weight is 236 g/mol. The van der Waals surface area contributed by atoms with Crippen molar-refractivity contribution in [2.45, 2.75) is 20.3 Å². The van der Waals surface area contributed by atoms with Gasteiger partial charge in [-0.25, -0.2) is 8.42 Å². The van der Waals surface area contributed by atoms with Gasteiger partial charge in [-0.05, 0) is 19.3 Å². The van der Waals surface area contributed by atoms with E-state index < -0.39 is 9.84 Å². The zero-order chi connectivity index (χ0) is 11.5. The van der Waals surface area contributed by atoms with Gasteiger partial charge in [-0.1, -0.05) is 6.92 Å². The van der Waals surface area contributed by atoms with Crippen LogP contribution in [0.25, 0.3) is 0 Å². The van der Waals surface area contributed by atoms with Gasteiger partial charge in [0.25, 0.3) is 0 Å². The van der Waals surface area contributed by atoms with Crippen LogP contribution in [-0.2, 0) is 14.6 Å². The van der Waals surface area contributed by atoms with E-state index in [-0.39, 0.29) is 29.4 Å². The Hall–Kier alpha value is -0.130. The fraction of sp³-hybridized carbons (Fsp3) is 1.00. The molecule has 90 valence electrons. The fourth-order valence-corrected chi connectivity index (χ4v) is 3.13. The molecule has 0 aromatic carbocycles. The summed E-state index contributed by atoms with van der Waals surface area (Å²) < 4.78 is 28.1. The van der Waals surface area contributed by atoms with Gasteiger partial charge < -0.3 is 9.84 Å². The molecule has 15 heavy (non-hydrogen) atoms. The quantitative estimate of drug-likeness (QED) is 0.697. The SMILES string of the molecule is CCOC[C@]1(CO)C[C@H]1CS(=O)(=O)CC. The summed E-state index contributed by atoms with van der Waals surface area (Å²) in [5, 5.41) is 9.25. The predicted octanol–water partition coefficient (Wildman–Crippen LogP) is 0.456. The maximum atomic E-state index is 11.4. The highest BCUT2D eigenvalue weighted by Crippen LogP contribution is 2.52. The lowest BCUT2D eigenvalue weighted by Gasteiger charge is -2.13. The lowest BCUT2D eigenvalue weighted by molar-refractivity contribution is 0.0619. The number of hydrogen-bond donors (Lipinski definition) is 1. The summed E-state index contributed by atoms with van der Waals surface area (Å²) >= 11 is 0. The maximum absolute atomic E-state index is 11.4. The van der Waals surface area contributed by atoms with E-state index in [0.29, 0.717) is 13.2 Å². The zero-order valence-corrected chi connectivity index (χ0v) is 10.2. The molecule has 0 bridgehead atoms. The van der Waals surface area contributed by atoms with E-state index in [1.807, 2.05) is 6.92 Å². The molecule has 0 amide bonds. The fourth-order valence-electron chi connectivity index (χ4n) is 1.81. The molecular weight excluding hydrogens is 216 g/mol. The Labute approximate surface area is 91.6 Å². The van der Waals surface area contributed by atoms with Gasteiger partial charge in [0, 0.05) is 17.8 Å². The maximum Gasteiger partial charge on any atom is 0.150 e. The van der Waals surface area contributed by atoms with Gasteiger partial charge >= 0.3 is 0 Å². The van der Waals surface area contributed by atoms with E-state index >= 15 is 0 Å². The molecular formula is C10H20O4S. The number of ether oxygens (including phenoxy) is 1. The van der Waals surface area contributed by atoms with Crippen molar-refractivity contribution in [3.05, 3.63) is 0 Å². The smallest absolute Gasteiger partial charge is 0.150 e. The first kappa shape index (κ1) is 12.9. The van der Waals surface area contributed by atoms with Crippen molar-refractivity contribution in [3.8, 4) is 0 Å². The first-order chi connectivity index (χ1) is 6.99. The molecule has 1 aliphatic rings. The summed E-state index contributed by atoms with van der Waals surface area (Å²) in [5.74, 6) is 0.454. The molecule has 1 aliphatic carbocycles. The van der Waals surface area contributed by atoms with Crippen LogP contribution >= 0.6 is 0 Å². The lowest BCUT2D eigenvalue weighted by Crippen LogP contribution is -2.22. The van der Waals surface area contributed by atoms with Crippen LogP contribution in [0.15, 0.2) is 0 Å². The molecule has 4 nitrogen and oxygen atoms in total. The van der Waals surface area contributed by atoms with Gasteiger partial charge in [0.05, 0.1) is 19.0 Å². The molecule has 0 unspecified atom stereocenters. The minimum Gasteiger partial charge on any atom is -0.396 e. The molecule has 1 N–H and O–H groups in total. The minimum atomic E-state index is -2.93. The van der Waals surface area contributed by atoms with E-state index in [4.69, 9.17) is 4.74 Å². The third-order valence-corrected chi connectivity index (χ3v) is 4.95. The third-order valence-electron chi connectivity index (χ3n) is 3.16. The molecule has 0 saturated heterocycles. The Morgan fingerprint density at radius 2 is 2.13 bits per heavy atom. The summed E-state index contributed by atoms with van der Waals surface area (Å²) in [6, 6.07) is 0. The Kier molecular flexibility index (Phi) is 4.14. The van der Waals surface area contributed by atoms with Gasteiger partial charge in [0.2, 0.25) is 0 Å². The van der Waals surface area contributed by atoms with Gasteiger partial charge in [-0.3, -0.25) is 0 Å². The molecule has 0 spiro atoms. The van der Waals surface area contributed by atoms with Crippen molar-refractivity contribution in [2.24, 2.45) is 11.3 Å². The van der Waals surface area contributed by atoms with Crippen LogP contribution in [0.1, 0.15) is 20.3 Å². The van der Waals surface area contributed by atoms with Crippen LogP contribution in [0.3, 0.4) is 0 Å². The van der Waals surface area contributed by atoms with Crippen molar-refractivity contribution >= 4 is 9.84 Å². The van der Waals surface area contributed by atoms with E-state index in [9.17, 15) is 13.5 Å². The monoisotopic (exact) mass is 236 g/mol. The highest BCUT2D eigenvalue weighted by molar-refractivity contribution is 7.91. The Balaban J connectivity index is 2.48. The average Bonchev–Trinajstić information content (AvgIpc) is 2.88. The van der Waals surface area contributed by atoms with Crippen molar-refractivity contribution in [3.63, 3.8) is 0 Å². The van der Waals surface area contributed by atoms with E-state index in [1.165, 1.54) is 0 Å². The van der Waals surface area contributed by atoms with Gasteiger partial charge in [-0.2, -0.15) is 0 Å². The van der Waals surface area contributed by atoms with Crippen molar-refractivity contribution in [2.75, 3.05) is 31.3 Å². The molecule has 2 atom stereocenters. The second-order valence-corrected chi connectivity index (χ2v) is 6.66. The molecule has 1 saturated carbocycles.